The van der Waals surface area contributed by atoms with Crippen LogP contribution in [0, 0.1) is 5.82 Å². The van der Waals surface area contributed by atoms with E-state index < -0.39 is 11.7 Å². The molecular weight excluding hydrogens is 389 g/mol. The van der Waals surface area contributed by atoms with Gasteiger partial charge in [-0.15, -0.1) is 0 Å². The Labute approximate surface area is 151 Å². The molecule has 0 unspecified atom stereocenters. The Balaban J connectivity index is 1.74. The SMILES string of the molecule is O=Cc1c(OCC(=O)Nc2ccc(Br)cc2F)ccc2ccccc12. The zero-order chi connectivity index (χ0) is 17.8. The Kier molecular flexibility index (Phi) is 5.09. The zero-order valence-corrected chi connectivity index (χ0v) is 14.5. The predicted octanol–water partition coefficient (Wildman–Crippen LogP) is 4.57. The van der Waals surface area contributed by atoms with Crippen LogP contribution in [0.15, 0.2) is 59.1 Å². The highest BCUT2D eigenvalue weighted by Gasteiger charge is 2.12. The van der Waals surface area contributed by atoms with E-state index in [4.69, 9.17) is 4.74 Å². The number of hydrogen-bond donors (Lipinski definition) is 1. The molecule has 0 bridgehead atoms. The molecule has 4 nitrogen and oxygen atoms in total. The minimum atomic E-state index is -0.554. The maximum atomic E-state index is 13.7. The summed E-state index contributed by atoms with van der Waals surface area (Å²) >= 11 is 3.15. The molecule has 0 atom stereocenters. The van der Waals surface area contributed by atoms with Gasteiger partial charge >= 0.3 is 0 Å². The second kappa shape index (κ2) is 7.44. The third-order valence-corrected chi connectivity index (χ3v) is 4.11. The number of halogens is 2. The molecule has 3 aromatic rings. The summed E-state index contributed by atoms with van der Waals surface area (Å²) in [7, 11) is 0. The molecule has 3 rings (SSSR count). The van der Waals surface area contributed by atoms with Crippen LogP contribution in [0.5, 0.6) is 5.75 Å². The van der Waals surface area contributed by atoms with Gasteiger partial charge in [0.05, 0.1) is 11.3 Å². The van der Waals surface area contributed by atoms with Crippen molar-refractivity contribution in [2.24, 2.45) is 0 Å². The summed E-state index contributed by atoms with van der Waals surface area (Å²) in [5.74, 6) is -0.770. The van der Waals surface area contributed by atoms with Crippen molar-refractivity contribution in [3.05, 3.63) is 70.5 Å². The van der Waals surface area contributed by atoms with Gasteiger partial charge in [0.2, 0.25) is 0 Å². The van der Waals surface area contributed by atoms with Crippen LogP contribution >= 0.6 is 15.9 Å². The molecule has 3 aromatic carbocycles. The van der Waals surface area contributed by atoms with Gasteiger partial charge in [-0.3, -0.25) is 9.59 Å². The number of carbonyl (C=O) groups is 2. The van der Waals surface area contributed by atoms with Gasteiger partial charge in [0, 0.05) is 4.47 Å². The fourth-order valence-corrected chi connectivity index (χ4v) is 2.78. The number of aldehydes is 1. The van der Waals surface area contributed by atoms with Gasteiger partial charge in [0.15, 0.2) is 12.9 Å². The van der Waals surface area contributed by atoms with Crippen molar-refractivity contribution in [1.29, 1.82) is 0 Å². The highest BCUT2D eigenvalue weighted by molar-refractivity contribution is 9.10. The summed E-state index contributed by atoms with van der Waals surface area (Å²) in [6.07, 6.45) is 0.698. The van der Waals surface area contributed by atoms with Gasteiger partial charge in [-0.1, -0.05) is 46.3 Å². The first-order valence-electron chi connectivity index (χ1n) is 7.43. The lowest BCUT2D eigenvalue weighted by Gasteiger charge is -2.11. The number of ether oxygens (including phenoxy) is 1. The highest BCUT2D eigenvalue weighted by atomic mass is 79.9. The van der Waals surface area contributed by atoms with Crippen LogP contribution in [0.3, 0.4) is 0 Å². The largest absolute Gasteiger partial charge is 0.483 e. The molecule has 0 saturated heterocycles. The number of anilines is 1. The van der Waals surface area contributed by atoms with E-state index in [1.165, 1.54) is 12.1 Å². The predicted molar refractivity (Wildman–Crippen MR) is 97.6 cm³/mol. The third kappa shape index (κ3) is 3.85. The molecule has 0 radical (unpaired) electrons. The molecule has 0 aromatic heterocycles. The van der Waals surface area contributed by atoms with E-state index in [1.54, 1.807) is 12.1 Å². The van der Waals surface area contributed by atoms with E-state index in [0.717, 1.165) is 10.8 Å². The number of nitrogens with one attached hydrogen (secondary N) is 1. The molecule has 0 aliphatic rings. The van der Waals surface area contributed by atoms with E-state index in [9.17, 15) is 14.0 Å². The maximum Gasteiger partial charge on any atom is 0.262 e. The number of hydrogen-bond acceptors (Lipinski definition) is 3. The number of amides is 1. The summed E-state index contributed by atoms with van der Waals surface area (Å²) in [6.45, 7) is -0.339. The van der Waals surface area contributed by atoms with Gasteiger partial charge in [-0.05, 0) is 35.0 Å². The minimum Gasteiger partial charge on any atom is -0.483 e. The van der Waals surface area contributed by atoms with Crippen molar-refractivity contribution in [2.75, 3.05) is 11.9 Å². The van der Waals surface area contributed by atoms with Crippen molar-refractivity contribution in [3.63, 3.8) is 0 Å². The fraction of sp³-hybridized carbons (Fsp3) is 0.0526. The van der Waals surface area contributed by atoms with Crippen LogP contribution in [0.2, 0.25) is 0 Å². The van der Waals surface area contributed by atoms with Crippen molar-refractivity contribution >= 4 is 44.6 Å². The number of fused-ring (bicyclic) bond motifs is 1. The van der Waals surface area contributed by atoms with Crippen LogP contribution < -0.4 is 10.1 Å². The van der Waals surface area contributed by atoms with Gasteiger partial charge in [-0.2, -0.15) is 0 Å². The van der Waals surface area contributed by atoms with E-state index in [2.05, 4.69) is 21.2 Å². The first kappa shape index (κ1) is 17.1. The van der Waals surface area contributed by atoms with Crippen molar-refractivity contribution in [2.45, 2.75) is 0 Å². The monoisotopic (exact) mass is 401 g/mol. The molecule has 126 valence electrons. The normalized spacial score (nSPS) is 10.5. The van der Waals surface area contributed by atoms with Crippen LogP contribution in [0.1, 0.15) is 10.4 Å². The fourth-order valence-electron chi connectivity index (χ4n) is 2.44. The number of benzene rings is 3. The molecule has 0 spiro atoms. The quantitative estimate of drug-likeness (QED) is 0.637. The number of rotatable bonds is 5. The molecule has 25 heavy (non-hydrogen) atoms. The lowest BCUT2D eigenvalue weighted by Crippen LogP contribution is -2.21. The Morgan fingerprint density at radius 3 is 2.72 bits per heavy atom. The molecule has 0 heterocycles. The second-order valence-corrected chi connectivity index (χ2v) is 6.19. The first-order chi connectivity index (χ1) is 12.1. The summed E-state index contributed by atoms with van der Waals surface area (Å²) in [4.78, 5) is 23.4. The molecule has 0 aliphatic carbocycles. The van der Waals surface area contributed by atoms with Crippen molar-refractivity contribution < 1.29 is 18.7 Å². The molecule has 0 fully saturated rings. The van der Waals surface area contributed by atoms with E-state index in [1.807, 2.05) is 30.3 Å². The van der Waals surface area contributed by atoms with Crippen LogP contribution in [0.25, 0.3) is 10.8 Å². The van der Waals surface area contributed by atoms with Gasteiger partial charge in [0.25, 0.3) is 5.91 Å². The Morgan fingerprint density at radius 1 is 1.16 bits per heavy atom. The van der Waals surface area contributed by atoms with E-state index in [-0.39, 0.29) is 12.3 Å². The topological polar surface area (TPSA) is 55.4 Å². The molecule has 0 aliphatic heterocycles. The maximum absolute atomic E-state index is 13.7. The molecule has 0 saturated carbocycles. The Hall–Kier alpha value is -2.73. The van der Waals surface area contributed by atoms with Gasteiger partial charge in [0.1, 0.15) is 11.6 Å². The standard InChI is InChI=1S/C19H13BrFNO3/c20-13-6-7-17(16(21)9-13)22-19(24)11-25-18-8-5-12-3-1-2-4-14(12)15(18)10-23/h1-10H,11H2,(H,22,24). The van der Waals surface area contributed by atoms with Crippen molar-refractivity contribution in [1.82, 2.24) is 0 Å². The van der Waals surface area contributed by atoms with Crippen LogP contribution in [0.4, 0.5) is 10.1 Å². The Bertz CT molecular complexity index is 959. The third-order valence-electron chi connectivity index (χ3n) is 3.61. The number of carbonyl (C=O) groups excluding carboxylic acids is 2. The lowest BCUT2D eigenvalue weighted by molar-refractivity contribution is -0.118. The smallest absolute Gasteiger partial charge is 0.262 e. The van der Waals surface area contributed by atoms with Gasteiger partial charge < -0.3 is 10.1 Å². The Morgan fingerprint density at radius 2 is 1.96 bits per heavy atom. The van der Waals surface area contributed by atoms with Crippen molar-refractivity contribution in [3.8, 4) is 5.75 Å². The second-order valence-electron chi connectivity index (χ2n) is 5.28. The average molecular weight is 402 g/mol. The first-order valence-corrected chi connectivity index (χ1v) is 8.22. The highest BCUT2D eigenvalue weighted by Crippen LogP contribution is 2.26. The van der Waals surface area contributed by atoms with Crippen LogP contribution in [-0.2, 0) is 4.79 Å². The van der Waals surface area contributed by atoms with Gasteiger partial charge in [-0.25, -0.2) is 4.39 Å². The summed E-state index contributed by atoms with van der Waals surface area (Å²) < 4.78 is 19.8. The average Bonchev–Trinajstić information content (AvgIpc) is 2.61. The lowest BCUT2D eigenvalue weighted by atomic mass is 10.0. The molecule has 1 amide bonds. The molecule has 6 heteroatoms. The summed E-state index contributed by atoms with van der Waals surface area (Å²) in [6, 6.07) is 15.2. The minimum absolute atomic E-state index is 0.0610. The molecular formula is C19H13BrFNO3. The van der Waals surface area contributed by atoms with E-state index in [0.29, 0.717) is 22.1 Å². The molecule has 1 N–H and O–H groups in total. The zero-order valence-electron chi connectivity index (χ0n) is 13.0. The summed E-state index contributed by atoms with van der Waals surface area (Å²) in [5.41, 5.74) is 0.437. The summed E-state index contributed by atoms with van der Waals surface area (Å²) in [5, 5.41) is 4.08. The van der Waals surface area contributed by atoms with Crippen LogP contribution in [-0.4, -0.2) is 18.8 Å². The van der Waals surface area contributed by atoms with E-state index >= 15 is 0 Å².